The lowest BCUT2D eigenvalue weighted by Crippen LogP contribution is -2.18. The van der Waals surface area contributed by atoms with Crippen molar-refractivity contribution in [3.8, 4) is 0 Å². The van der Waals surface area contributed by atoms with E-state index in [9.17, 15) is 4.79 Å². The molecule has 0 bridgehead atoms. The fourth-order valence-electron chi connectivity index (χ4n) is 2.05. The van der Waals surface area contributed by atoms with Crippen molar-refractivity contribution in [1.82, 2.24) is 15.3 Å². The van der Waals surface area contributed by atoms with Crippen LogP contribution in [0, 0.1) is 6.92 Å². The highest BCUT2D eigenvalue weighted by Crippen LogP contribution is 2.32. The zero-order valence-electron chi connectivity index (χ0n) is 14.4. The average Bonchev–Trinajstić information content (AvgIpc) is 2.57. The number of benzene rings is 1. The normalized spacial score (nSPS) is 10.2. The van der Waals surface area contributed by atoms with Gasteiger partial charge in [-0.3, -0.25) is 4.79 Å². The van der Waals surface area contributed by atoms with Gasteiger partial charge in [-0.25, -0.2) is 0 Å². The quantitative estimate of drug-likeness (QED) is 0.770. The van der Waals surface area contributed by atoms with Crippen LogP contribution in [0.2, 0.25) is 5.02 Å². The molecule has 0 saturated carbocycles. The molecule has 3 N–H and O–H groups in total. The number of rotatable bonds is 5. The third-order valence-corrected chi connectivity index (χ3v) is 3.81. The first-order valence-electron chi connectivity index (χ1n) is 7.39. The summed E-state index contributed by atoms with van der Waals surface area (Å²) >= 11 is 6.37. The van der Waals surface area contributed by atoms with Gasteiger partial charge in [0.25, 0.3) is 5.91 Å². The minimum Gasteiger partial charge on any atom is -0.372 e. The largest absolute Gasteiger partial charge is 0.372 e. The first kappa shape index (κ1) is 17.8. The van der Waals surface area contributed by atoms with E-state index in [4.69, 9.17) is 11.6 Å². The summed E-state index contributed by atoms with van der Waals surface area (Å²) in [6.07, 6.45) is 0. The third kappa shape index (κ3) is 3.68. The molecular formula is C16H21ClN6O. The Hall–Kier alpha value is -2.54. The maximum absolute atomic E-state index is 11.8. The lowest BCUT2D eigenvalue weighted by Gasteiger charge is -2.17. The lowest BCUT2D eigenvalue weighted by atomic mass is 10.1. The standard InChI is InChI=1S/C16H21ClN6O/c1-9-6-7-10(15(24)19-3)8-11(9)20-14-12(17)13(18-2)21-16(22-14)23(4)5/h6-8H,1-5H3,(H,19,24)(H2,18,20,21,22). The smallest absolute Gasteiger partial charge is 0.251 e. The minimum atomic E-state index is -0.156. The molecule has 0 saturated heterocycles. The SMILES string of the molecule is CNC(=O)c1ccc(C)c(Nc2nc(N(C)C)nc(NC)c2Cl)c1. The number of aromatic nitrogens is 2. The Morgan fingerprint density at radius 1 is 1.17 bits per heavy atom. The monoisotopic (exact) mass is 348 g/mol. The maximum Gasteiger partial charge on any atom is 0.251 e. The first-order valence-corrected chi connectivity index (χ1v) is 7.77. The van der Waals surface area contributed by atoms with Crippen LogP contribution < -0.4 is 20.9 Å². The van der Waals surface area contributed by atoms with Crippen LogP contribution in [0.5, 0.6) is 0 Å². The first-order chi connectivity index (χ1) is 11.4. The predicted octanol–water partition coefficient (Wildman–Crippen LogP) is 2.65. The van der Waals surface area contributed by atoms with E-state index in [2.05, 4.69) is 25.9 Å². The molecular weight excluding hydrogens is 328 g/mol. The molecule has 0 aliphatic rings. The van der Waals surface area contributed by atoms with E-state index in [1.807, 2.05) is 27.1 Å². The van der Waals surface area contributed by atoms with Gasteiger partial charge in [0.15, 0.2) is 11.6 Å². The van der Waals surface area contributed by atoms with Gasteiger partial charge >= 0.3 is 0 Å². The molecule has 0 atom stereocenters. The molecule has 1 aromatic heterocycles. The zero-order valence-corrected chi connectivity index (χ0v) is 15.1. The van der Waals surface area contributed by atoms with Gasteiger partial charge in [-0.1, -0.05) is 17.7 Å². The molecule has 8 heteroatoms. The third-order valence-electron chi connectivity index (χ3n) is 3.46. The summed E-state index contributed by atoms with van der Waals surface area (Å²) in [5.41, 5.74) is 2.27. The van der Waals surface area contributed by atoms with Crippen molar-refractivity contribution < 1.29 is 4.79 Å². The van der Waals surface area contributed by atoms with Crippen LogP contribution in [-0.2, 0) is 0 Å². The van der Waals surface area contributed by atoms with Gasteiger partial charge < -0.3 is 20.9 Å². The summed E-state index contributed by atoms with van der Waals surface area (Å²) in [5, 5.41) is 9.15. The number of nitrogens with one attached hydrogen (secondary N) is 3. The molecule has 2 rings (SSSR count). The second-order valence-electron chi connectivity index (χ2n) is 5.41. The summed E-state index contributed by atoms with van der Waals surface area (Å²) in [7, 11) is 7.04. The molecule has 0 fully saturated rings. The highest BCUT2D eigenvalue weighted by atomic mass is 35.5. The summed E-state index contributed by atoms with van der Waals surface area (Å²) in [5.74, 6) is 1.36. The van der Waals surface area contributed by atoms with Crippen molar-refractivity contribution in [1.29, 1.82) is 0 Å². The summed E-state index contributed by atoms with van der Waals surface area (Å²) in [6.45, 7) is 1.94. The van der Waals surface area contributed by atoms with Crippen molar-refractivity contribution in [3.05, 3.63) is 34.3 Å². The molecule has 0 aliphatic carbocycles. The van der Waals surface area contributed by atoms with Crippen LogP contribution in [-0.4, -0.2) is 44.1 Å². The zero-order chi connectivity index (χ0) is 17.9. The lowest BCUT2D eigenvalue weighted by molar-refractivity contribution is 0.0963. The van der Waals surface area contributed by atoms with Crippen LogP contribution in [0.3, 0.4) is 0 Å². The van der Waals surface area contributed by atoms with Crippen LogP contribution >= 0.6 is 11.6 Å². The molecule has 0 radical (unpaired) electrons. The van der Waals surface area contributed by atoms with Gasteiger partial charge in [0.2, 0.25) is 5.95 Å². The number of hydrogen-bond donors (Lipinski definition) is 3. The van der Waals surface area contributed by atoms with Crippen molar-refractivity contribution in [2.45, 2.75) is 6.92 Å². The molecule has 24 heavy (non-hydrogen) atoms. The number of nitrogens with zero attached hydrogens (tertiary/aromatic N) is 3. The fraction of sp³-hybridized carbons (Fsp3) is 0.312. The second kappa shape index (κ2) is 7.35. The molecule has 1 heterocycles. The van der Waals surface area contributed by atoms with Crippen LogP contribution in [0.25, 0.3) is 0 Å². The number of hydrogen-bond acceptors (Lipinski definition) is 6. The van der Waals surface area contributed by atoms with E-state index < -0.39 is 0 Å². The van der Waals surface area contributed by atoms with E-state index in [1.165, 1.54) is 0 Å². The van der Waals surface area contributed by atoms with Crippen LogP contribution in [0.1, 0.15) is 15.9 Å². The molecule has 7 nitrogen and oxygen atoms in total. The average molecular weight is 349 g/mol. The maximum atomic E-state index is 11.8. The number of amides is 1. The van der Waals surface area contributed by atoms with Crippen molar-refractivity contribution in [2.75, 3.05) is 43.7 Å². The van der Waals surface area contributed by atoms with E-state index in [0.717, 1.165) is 11.3 Å². The van der Waals surface area contributed by atoms with E-state index in [-0.39, 0.29) is 5.91 Å². The summed E-state index contributed by atoms with van der Waals surface area (Å²) < 4.78 is 0. The van der Waals surface area contributed by atoms with Gasteiger partial charge in [0.1, 0.15) is 5.02 Å². The number of anilines is 4. The van der Waals surface area contributed by atoms with Gasteiger partial charge in [0.05, 0.1) is 0 Å². The van der Waals surface area contributed by atoms with E-state index in [1.54, 1.807) is 31.1 Å². The Morgan fingerprint density at radius 3 is 2.42 bits per heavy atom. The number of halogens is 1. The number of carbonyl (C=O) groups excluding carboxylic acids is 1. The molecule has 0 unspecified atom stereocenters. The van der Waals surface area contributed by atoms with Crippen LogP contribution in [0.15, 0.2) is 18.2 Å². The van der Waals surface area contributed by atoms with Crippen molar-refractivity contribution in [3.63, 3.8) is 0 Å². The minimum absolute atomic E-state index is 0.156. The fourth-order valence-corrected chi connectivity index (χ4v) is 2.28. The van der Waals surface area contributed by atoms with Gasteiger partial charge in [-0.15, -0.1) is 0 Å². The molecule has 1 amide bonds. The summed E-state index contributed by atoms with van der Waals surface area (Å²) in [4.78, 5) is 22.4. The molecule has 1 aromatic carbocycles. The Kier molecular flexibility index (Phi) is 5.46. The molecule has 0 aliphatic heterocycles. The molecule has 0 spiro atoms. The van der Waals surface area contributed by atoms with E-state index in [0.29, 0.717) is 28.2 Å². The molecule has 128 valence electrons. The molecule has 2 aromatic rings. The highest BCUT2D eigenvalue weighted by molar-refractivity contribution is 6.35. The van der Waals surface area contributed by atoms with Gasteiger partial charge in [0, 0.05) is 39.4 Å². The van der Waals surface area contributed by atoms with Gasteiger partial charge in [-0.05, 0) is 24.6 Å². The number of carbonyl (C=O) groups is 1. The topological polar surface area (TPSA) is 82.2 Å². The Bertz CT molecular complexity index is 762. The second-order valence-corrected chi connectivity index (χ2v) is 5.79. The highest BCUT2D eigenvalue weighted by Gasteiger charge is 2.15. The number of aryl methyl sites for hydroxylation is 1. The van der Waals surface area contributed by atoms with Crippen molar-refractivity contribution in [2.24, 2.45) is 0 Å². The predicted molar refractivity (Wildman–Crippen MR) is 98.8 cm³/mol. The Labute approximate surface area is 146 Å². The van der Waals surface area contributed by atoms with Crippen LogP contribution in [0.4, 0.5) is 23.3 Å². The Morgan fingerprint density at radius 2 is 1.83 bits per heavy atom. The summed E-state index contributed by atoms with van der Waals surface area (Å²) in [6, 6.07) is 5.40. The van der Waals surface area contributed by atoms with Crippen molar-refractivity contribution >= 4 is 40.8 Å². The van der Waals surface area contributed by atoms with Gasteiger partial charge in [-0.2, -0.15) is 9.97 Å². The van der Waals surface area contributed by atoms with E-state index >= 15 is 0 Å². The Balaban J connectivity index is 2.47.